The van der Waals surface area contributed by atoms with Crippen molar-refractivity contribution in [3.63, 3.8) is 0 Å². The maximum absolute atomic E-state index is 11.7. The molecule has 0 fully saturated rings. The molecule has 3 N–H and O–H groups in total. The highest BCUT2D eigenvalue weighted by atomic mass is 32.2. The van der Waals surface area contributed by atoms with Crippen LogP contribution in [0.4, 0.5) is 0 Å². The van der Waals surface area contributed by atoms with Gasteiger partial charge in [0.2, 0.25) is 5.09 Å². The molecule has 1 atom stereocenters. The van der Waals surface area contributed by atoms with Gasteiger partial charge in [-0.05, 0) is 30.9 Å². The summed E-state index contributed by atoms with van der Waals surface area (Å²) in [7, 11) is -3.64. The molecule has 0 spiro atoms. The van der Waals surface area contributed by atoms with Crippen LogP contribution in [0.3, 0.4) is 0 Å². The molecule has 0 aliphatic heterocycles. The van der Waals surface area contributed by atoms with Crippen LogP contribution in [0.1, 0.15) is 25.5 Å². The molecule has 0 aliphatic rings. The predicted octanol–water partition coefficient (Wildman–Crippen LogP) is 0.459. The molecule has 0 radical (unpaired) electrons. The van der Waals surface area contributed by atoms with E-state index in [0.717, 1.165) is 6.42 Å². The van der Waals surface area contributed by atoms with Crippen LogP contribution in [0.15, 0.2) is 21.6 Å². The summed E-state index contributed by atoms with van der Waals surface area (Å²) >= 11 is 0. The van der Waals surface area contributed by atoms with Crippen molar-refractivity contribution in [2.45, 2.75) is 31.5 Å². The van der Waals surface area contributed by atoms with Crippen molar-refractivity contribution in [3.05, 3.63) is 17.9 Å². The molecule has 7 heteroatoms. The van der Waals surface area contributed by atoms with Crippen molar-refractivity contribution < 1.29 is 23.0 Å². The molecular formula is C11H19NO5S. The summed E-state index contributed by atoms with van der Waals surface area (Å²) in [6.45, 7) is 1.96. The number of rotatable bonds is 8. The van der Waals surface area contributed by atoms with E-state index in [9.17, 15) is 8.42 Å². The van der Waals surface area contributed by atoms with Gasteiger partial charge in [0.1, 0.15) is 12.4 Å². The highest BCUT2D eigenvalue weighted by Crippen LogP contribution is 2.13. The molecule has 1 rings (SSSR count). The third kappa shape index (κ3) is 4.41. The Morgan fingerprint density at radius 3 is 2.67 bits per heavy atom. The van der Waals surface area contributed by atoms with E-state index in [0.29, 0.717) is 13.0 Å². The van der Waals surface area contributed by atoms with E-state index >= 15 is 0 Å². The van der Waals surface area contributed by atoms with Crippen LogP contribution in [-0.4, -0.2) is 31.8 Å². The van der Waals surface area contributed by atoms with E-state index in [1.165, 1.54) is 12.1 Å². The van der Waals surface area contributed by atoms with Crippen molar-refractivity contribution in [2.75, 3.05) is 13.2 Å². The van der Waals surface area contributed by atoms with Gasteiger partial charge in [0.15, 0.2) is 0 Å². The second kappa shape index (κ2) is 6.89. The van der Waals surface area contributed by atoms with Gasteiger partial charge in [-0.25, -0.2) is 13.1 Å². The fourth-order valence-electron chi connectivity index (χ4n) is 1.41. The van der Waals surface area contributed by atoms with Crippen LogP contribution in [0.5, 0.6) is 0 Å². The number of aliphatic hydroxyl groups excluding tert-OH is 2. The fourth-order valence-corrected chi connectivity index (χ4v) is 2.43. The van der Waals surface area contributed by atoms with Gasteiger partial charge in [-0.15, -0.1) is 0 Å². The molecule has 18 heavy (non-hydrogen) atoms. The minimum absolute atomic E-state index is 0.102. The minimum atomic E-state index is -3.64. The minimum Gasteiger partial charge on any atom is -0.446 e. The first-order valence-electron chi connectivity index (χ1n) is 5.79. The highest BCUT2D eigenvalue weighted by Gasteiger charge is 2.17. The van der Waals surface area contributed by atoms with Crippen molar-refractivity contribution in [3.8, 4) is 0 Å². The summed E-state index contributed by atoms with van der Waals surface area (Å²) in [5.74, 6) is 0.378. The zero-order chi connectivity index (χ0) is 13.6. The third-order valence-corrected chi connectivity index (χ3v) is 3.87. The van der Waals surface area contributed by atoms with Crippen LogP contribution >= 0.6 is 0 Å². The van der Waals surface area contributed by atoms with Crippen molar-refractivity contribution in [2.24, 2.45) is 5.92 Å². The second-order valence-electron chi connectivity index (χ2n) is 4.21. The first-order valence-corrected chi connectivity index (χ1v) is 7.28. The maximum Gasteiger partial charge on any atom is 0.273 e. The average Bonchev–Trinajstić information content (AvgIpc) is 2.83. The normalized spacial score (nSPS) is 13.7. The topological polar surface area (TPSA) is 99.8 Å². The fraction of sp³-hybridized carbons (Fsp3) is 0.636. The maximum atomic E-state index is 11.7. The highest BCUT2D eigenvalue weighted by molar-refractivity contribution is 7.89. The summed E-state index contributed by atoms with van der Waals surface area (Å²) in [5.41, 5.74) is 0. The standard InChI is InChI=1S/C11H19NO5S/c1-9(7-13)3-2-6-12-18(15,16)11-5-4-10(8-14)17-11/h4-5,9,12-14H,2-3,6-8H2,1H3. The zero-order valence-electron chi connectivity index (χ0n) is 10.3. The Morgan fingerprint density at radius 2 is 2.11 bits per heavy atom. The Morgan fingerprint density at radius 1 is 1.39 bits per heavy atom. The monoisotopic (exact) mass is 277 g/mol. The molecule has 1 aromatic heterocycles. The van der Waals surface area contributed by atoms with E-state index in [1.807, 2.05) is 6.92 Å². The van der Waals surface area contributed by atoms with Gasteiger partial charge in [-0.2, -0.15) is 0 Å². The van der Waals surface area contributed by atoms with Crippen LogP contribution in [-0.2, 0) is 16.6 Å². The molecule has 0 saturated carbocycles. The lowest BCUT2D eigenvalue weighted by Crippen LogP contribution is -2.24. The Balaban J connectivity index is 2.45. The molecule has 6 nitrogen and oxygen atoms in total. The van der Waals surface area contributed by atoms with Crippen LogP contribution in [0.25, 0.3) is 0 Å². The summed E-state index contributed by atoms with van der Waals surface area (Å²) in [6, 6.07) is 2.73. The molecular weight excluding hydrogens is 258 g/mol. The van der Waals surface area contributed by atoms with Crippen LogP contribution in [0, 0.1) is 5.92 Å². The average molecular weight is 277 g/mol. The second-order valence-corrected chi connectivity index (χ2v) is 5.90. The number of nitrogens with one attached hydrogen (secondary N) is 1. The summed E-state index contributed by atoms with van der Waals surface area (Å²) in [5, 5.41) is 17.4. The number of aliphatic hydroxyl groups is 2. The number of furan rings is 1. The Bertz CT molecular complexity index is 454. The van der Waals surface area contributed by atoms with Gasteiger partial charge in [-0.3, -0.25) is 0 Å². The Labute approximate surface area is 107 Å². The van der Waals surface area contributed by atoms with E-state index in [-0.39, 0.29) is 30.0 Å². The molecule has 104 valence electrons. The molecule has 0 aromatic carbocycles. The van der Waals surface area contributed by atoms with Gasteiger partial charge in [-0.1, -0.05) is 6.92 Å². The molecule has 1 heterocycles. The molecule has 1 unspecified atom stereocenters. The SMILES string of the molecule is CC(CO)CCCNS(=O)(=O)c1ccc(CO)o1. The van der Waals surface area contributed by atoms with Crippen molar-refractivity contribution >= 4 is 10.0 Å². The smallest absolute Gasteiger partial charge is 0.273 e. The first-order chi connectivity index (χ1) is 8.49. The third-order valence-electron chi connectivity index (χ3n) is 2.54. The Hall–Kier alpha value is -0.890. The van der Waals surface area contributed by atoms with Crippen molar-refractivity contribution in [1.82, 2.24) is 4.72 Å². The van der Waals surface area contributed by atoms with Gasteiger partial charge < -0.3 is 14.6 Å². The lowest BCUT2D eigenvalue weighted by Gasteiger charge is -2.07. The number of hydrogen-bond acceptors (Lipinski definition) is 5. The molecule has 0 amide bonds. The first kappa shape index (κ1) is 15.2. The largest absolute Gasteiger partial charge is 0.446 e. The van der Waals surface area contributed by atoms with E-state index in [1.54, 1.807) is 0 Å². The number of hydrogen-bond donors (Lipinski definition) is 3. The molecule has 0 bridgehead atoms. The lowest BCUT2D eigenvalue weighted by molar-refractivity contribution is 0.228. The summed E-state index contributed by atoms with van der Waals surface area (Å²) < 4.78 is 30.8. The van der Waals surface area contributed by atoms with Crippen LogP contribution in [0.2, 0.25) is 0 Å². The Kier molecular flexibility index (Phi) is 5.80. The van der Waals surface area contributed by atoms with E-state index < -0.39 is 10.0 Å². The van der Waals surface area contributed by atoms with Gasteiger partial charge in [0.25, 0.3) is 10.0 Å². The van der Waals surface area contributed by atoms with Gasteiger partial charge >= 0.3 is 0 Å². The lowest BCUT2D eigenvalue weighted by atomic mass is 10.1. The van der Waals surface area contributed by atoms with Gasteiger partial charge in [0, 0.05) is 13.2 Å². The molecule has 1 aromatic rings. The predicted molar refractivity (Wildman–Crippen MR) is 65.3 cm³/mol. The van der Waals surface area contributed by atoms with E-state index in [2.05, 4.69) is 4.72 Å². The number of sulfonamides is 1. The zero-order valence-corrected chi connectivity index (χ0v) is 11.1. The molecule has 0 saturated heterocycles. The van der Waals surface area contributed by atoms with E-state index in [4.69, 9.17) is 14.6 Å². The van der Waals surface area contributed by atoms with Crippen LogP contribution < -0.4 is 4.72 Å². The van der Waals surface area contributed by atoms with Gasteiger partial charge in [0.05, 0.1) is 0 Å². The summed E-state index contributed by atoms with van der Waals surface area (Å²) in [4.78, 5) is 0. The summed E-state index contributed by atoms with van der Waals surface area (Å²) in [6.07, 6.45) is 1.40. The quantitative estimate of drug-likeness (QED) is 0.599. The van der Waals surface area contributed by atoms with Crippen molar-refractivity contribution in [1.29, 1.82) is 0 Å². The molecule has 0 aliphatic carbocycles.